The zero-order valence-corrected chi connectivity index (χ0v) is 9.81. The number of thiazole rings is 1. The Morgan fingerprint density at radius 1 is 1.47 bits per heavy atom. The monoisotopic (exact) mass is 248 g/mol. The summed E-state index contributed by atoms with van der Waals surface area (Å²) in [7, 11) is 1.73. The van der Waals surface area contributed by atoms with Gasteiger partial charge in [0, 0.05) is 12.7 Å². The lowest BCUT2D eigenvalue weighted by Crippen LogP contribution is -1.94. The summed E-state index contributed by atoms with van der Waals surface area (Å²) in [6.45, 7) is 0. The van der Waals surface area contributed by atoms with Crippen molar-refractivity contribution in [3.05, 3.63) is 35.0 Å². The van der Waals surface area contributed by atoms with Gasteiger partial charge in [-0.2, -0.15) is 5.26 Å². The fourth-order valence-electron chi connectivity index (χ4n) is 1.29. The van der Waals surface area contributed by atoms with Crippen molar-refractivity contribution < 1.29 is 4.39 Å². The van der Waals surface area contributed by atoms with Crippen LogP contribution in [0.15, 0.2) is 24.3 Å². The second-order valence-corrected chi connectivity index (χ2v) is 4.19. The highest BCUT2D eigenvalue weighted by Crippen LogP contribution is 2.28. The van der Waals surface area contributed by atoms with Gasteiger partial charge < -0.3 is 10.6 Å². The molecule has 0 saturated heterocycles. The quantitative estimate of drug-likeness (QED) is 0.876. The van der Waals surface area contributed by atoms with Crippen molar-refractivity contribution >= 4 is 28.0 Å². The highest BCUT2D eigenvalue weighted by atomic mass is 32.1. The van der Waals surface area contributed by atoms with E-state index in [2.05, 4.69) is 15.6 Å². The highest BCUT2D eigenvalue weighted by molar-refractivity contribution is 7.16. The minimum atomic E-state index is -0.336. The first-order chi connectivity index (χ1) is 8.22. The molecule has 0 bridgehead atoms. The van der Waals surface area contributed by atoms with E-state index in [0.29, 0.717) is 21.5 Å². The number of nitrogens with one attached hydrogen (secondary N) is 2. The fraction of sp³-hybridized carbons (Fsp3) is 0.0909. The van der Waals surface area contributed by atoms with Gasteiger partial charge in [0.2, 0.25) is 0 Å². The zero-order valence-electron chi connectivity index (χ0n) is 8.99. The number of halogens is 1. The number of aromatic nitrogens is 1. The first-order valence-electron chi connectivity index (χ1n) is 4.84. The number of nitriles is 1. The van der Waals surface area contributed by atoms with Gasteiger partial charge in [-0.3, -0.25) is 0 Å². The van der Waals surface area contributed by atoms with E-state index < -0.39 is 0 Å². The van der Waals surface area contributed by atoms with Crippen LogP contribution in [-0.4, -0.2) is 12.0 Å². The van der Waals surface area contributed by atoms with Crippen LogP contribution in [0.3, 0.4) is 0 Å². The number of hydrogen-bond acceptors (Lipinski definition) is 5. The Balaban J connectivity index is 2.30. The molecule has 0 unspecified atom stereocenters. The van der Waals surface area contributed by atoms with Gasteiger partial charge in [-0.05, 0) is 18.2 Å². The van der Waals surface area contributed by atoms with E-state index in [1.807, 2.05) is 6.07 Å². The van der Waals surface area contributed by atoms with Crippen molar-refractivity contribution in [1.29, 1.82) is 5.26 Å². The van der Waals surface area contributed by atoms with Crippen LogP contribution in [0.2, 0.25) is 0 Å². The third-order valence-electron chi connectivity index (χ3n) is 2.03. The molecule has 0 aliphatic rings. The van der Waals surface area contributed by atoms with Crippen molar-refractivity contribution in [3.63, 3.8) is 0 Å². The normalized spacial score (nSPS) is 9.71. The molecule has 1 aromatic carbocycles. The molecule has 1 heterocycles. The molecule has 2 N–H and O–H groups in total. The minimum Gasteiger partial charge on any atom is -0.364 e. The molecule has 2 rings (SSSR count). The maximum Gasteiger partial charge on any atom is 0.185 e. The van der Waals surface area contributed by atoms with E-state index in [1.165, 1.54) is 23.5 Å². The van der Waals surface area contributed by atoms with Crippen molar-refractivity contribution in [3.8, 4) is 6.07 Å². The topological polar surface area (TPSA) is 60.7 Å². The number of hydrogen-bond donors (Lipinski definition) is 2. The van der Waals surface area contributed by atoms with Crippen LogP contribution in [0.1, 0.15) is 4.88 Å². The van der Waals surface area contributed by atoms with Gasteiger partial charge in [-0.1, -0.05) is 17.4 Å². The zero-order chi connectivity index (χ0) is 12.3. The molecule has 1 aromatic heterocycles. The molecule has 0 radical (unpaired) electrons. The summed E-state index contributed by atoms with van der Waals surface area (Å²) in [6, 6.07) is 8.05. The Kier molecular flexibility index (Phi) is 3.21. The summed E-state index contributed by atoms with van der Waals surface area (Å²) in [4.78, 5) is 4.63. The van der Waals surface area contributed by atoms with Crippen LogP contribution in [0, 0.1) is 17.1 Å². The molecule has 4 nitrogen and oxygen atoms in total. The average Bonchev–Trinajstić information content (AvgIpc) is 2.71. The molecule has 0 atom stereocenters. The van der Waals surface area contributed by atoms with Crippen LogP contribution in [0.5, 0.6) is 0 Å². The van der Waals surface area contributed by atoms with E-state index >= 15 is 0 Å². The van der Waals surface area contributed by atoms with Gasteiger partial charge in [-0.15, -0.1) is 0 Å². The second-order valence-electron chi connectivity index (χ2n) is 3.19. The summed E-state index contributed by atoms with van der Waals surface area (Å²) in [5.41, 5.74) is 0.564. The van der Waals surface area contributed by atoms with E-state index in [4.69, 9.17) is 5.26 Å². The Labute approximate surface area is 102 Å². The van der Waals surface area contributed by atoms with Crippen molar-refractivity contribution in [1.82, 2.24) is 4.98 Å². The summed E-state index contributed by atoms with van der Waals surface area (Å²) < 4.78 is 13.0. The summed E-state index contributed by atoms with van der Waals surface area (Å²) in [5, 5.41) is 15.4. The van der Waals surface area contributed by atoms with E-state index in [-0.39, 0.29) is 5.82 Å². The lowest BCUT2D eigenvalue weighted by molar-refractivity contribution is 0.628. The maximum atomic E-state index is 13.0. The number of anilines is 3. The molecule has 0 aliphatic heterocycles. The molecular weight excluding hydrogens is 239 g/mol. The lowest BCUT2D eigenvalue weighted by atomic mass is 10.3. The summed E-state index contributed by atoms with van der Waals surface area (Å²) >= 11 is 1.24. The molecule has 0 aliphatic carbocycles. The van der Waals surface area contributed by atoms with Crippen molar-refractivity contribution in [2.24, 2.45) is 0 Å². The summed E-state index contributed by atoms with van der Waals surface area (Å²) in [6.07, 6.45) is 0. The van der Waals surface area contributed by atoms with E-state index in [0.717, 1.165) is 0 Å². The van der Waals surface area contributed by atoms with E-state index in [1.54, 1.807) is 19.2 Å². The molecule has 0 spiro atoms. The standard InChI is InChI=1S/C11H9FN4S/c1-14-11-16-10(9(6-13)17-11)15-8-4-2-3-7(12)5-8/h2-5,15H,1H3,(H,14,16). The summed E-state index contributed by atoms with van der Waals surface area (Å²) in [5.74, 6) is 0.102. The molecule has 17 heavy (non-hydrogen) atoms. The third kappa shape index (κ3) is 2.52. The van der Waals surface area contributed by atoms with Crippen LogP contribution in [0.4, 0.5) is 21.0 Å². The van der Waals surface area contributed by atoms with Gasteiger partial charge in [0.15, 0.2) is 15.8 Å². The minimum absolute atomic E-state index is 0.336. The van der Waals surface area contributed by atoms with Crippen molar-refractivity contribution in [2.75, 3.05) is 17.7 Å². The predicted molar refractivity (Wildman–Crippen MR) is 66.1 cm³/mol. The predicted octanol–water partition coefficient (Wildman–Crippen LogP) is 2.94. The molecule has 6 heteroatoms. The average molecular weight is 248 g/mol. The van der Waals surface area contributed by atoms with Crippen LogP contribution in [-0.2, 0) is 0 Å². The van der Waals surface area contributed by atoms with Gasteiger partial charge in [0.25, 0.3) is 0 Å². The first kappa shape index (κ1) is 11.4. The number of benzene rings is 1. The molecule has 2 aromatic rings. The van der Waals surface area contributed by atoms with Crippen LogP contribution >= 0.6 is 11.3 Å². The van der Waals surface area contributed by atoms with Crippen LogP contribution < -0.4 is 10.6 Å². The smallest absolute Gasteiger partial charge is 0.185 e. The van der Waals surface area contributed by atoms with Crippen molar-refractivity contribution in [2.45, 2.75) is 0 Å². The molecule has 0 fully saturated rings. The first-order valence-corrected chi connectivity index (χ1v) is 5.66. The van der Waals surface area contributed by atoms with Gasteiger partial charge in [0.05, 0.1) is 0 Å². The molecular formula is C11H9FN4S. The number of rotatable bonds is 3. The van der Waals surface area contributed by atoms with Gasteiger partial charge >= 0.3 is 0 Å². The Morgan fingerprint density at radius 3 is 2.94 bits per heavy atom. The third-order valence-corrected chi connectivity index (χ3v) is 3.01. The van der Waals surface area contributed by atoms with Gasteiger partial charge in [-0.25, -0.2) is 9.37 Å². The maximum absolute atomic E-state index is 13.0. The lowest BCUT2D eigenvalue weighted by Gasteiger charge is -2.02. The van der Waals surface area contributed by atoms with Crippen LogP contribution in [0.25, 0.3) is 0 Å². The largest absolute Gasteiger partial charge is 0.364 e. The fourth-order valence-corrected chi connectivity index (χ4v) is 1.96. The molecule has 86 valence electrons. The molecule has 0 amide bonds. The van der Waals surface area contributed by atoms with E-state index in [9.17, 15) is 4.39 Å². The Hall–Kier alpha value is -2.13. The SMILES string of the molecule is CNc1nc(Nc2cccc(F)c2)c(C#N)s1. The molecule has 0 saturated carbocycles. The number of nitrogens with zero attached hydrogens (tertiary/aromatic N) is 2. The Bertz CT molecular complexity index is 573. The Morgan fingerprint density at radius 2 is 2.29 bits per heavy atom. The second kappa shape index (κ2) is 4.80. The highest BCUT2D eigenvalue weighted by Gasteiger charge is 2.10. The van der Waals surface area contributed by atoms with Gasteiger partial charge in [0.1, 0.15) is 11.9 Å².